The number of hydrogen-bond donors (Lipinski definition) is 3. The minimum Gasteiger partial charge on any atom is -0.303 e. The summed E-state index contributed by atoms with van der Waals surface area (Å²) in [4.78, 5) is 21.6. The normalized spacial score (nSPS) is 9.00. The van der Waals surface area contributed by atoms with Crippen LogP contribution in [0.1, 0.15) is 6.92 Å². The van der Waals surface area contributed by atoms with E-state index >= 15 is 0 Å². The molecule has 0 amide bonds. The molecule has 6 heteroatoms. The summed E-state index contributed by atoms with van der Waals surface area (Å²) in [5.41, 5.74) is 0. The average Bonchev–Trinajstić information content (AvgIpc) is 1.61. The van der Waals surface area contributed by atoms with Crippen LogP contribution in [0.25, 0.3) is 0 Å². The summed E-state index contributed by atoms with van der Waals surface area (Å²) in [5, 5.41) is 0. The third-order valence-electron chi connectivity index (χ3n) is 0.500. The molecule has 0 spiro atoms. The van der Waals surface area contributed by atoms with E-state index in [9.17, 15) is 0 Å². The van der Waals surface area contributed by atoms with Gasteiger partial charge in [0.2, 0.25) is 0 Å². The molecule has 3 N–H and O–H groups in total. The van der Waals surface area contributed by atoms with Crippen molar-refractivity contribution in [2.75, 3.05) is 0 Å². The van der Waals surface area contributed by atoms with E-state index in [1.807, 2.05) is 0 Å². The van der Waals surface area contributed by atoms with Crippen LogP contribution in [-0.2, 0) is 4.57 Å². The van der Waals surface area contributed by atoms with Crippen molar-refractivity contribution in [2.45, 2.75) is 12.5 Å². The fourth-order valence-electron chi connectivity index (χ4n) is 0. The zero-order valence-electron chi connectivity index (χ0n) is 5.61. The molecule has 4 nitrogen and oxygen atoms in total. The van der Waals surface area contributed by atoms with Crippen molar-refractivity contribution < 1.29 is 19.2 Å². The number of rotatable bonds is 1. The van der Waals surface area contributed by atoms with Gasteiger partial charge < -0.3 is 14.7 Å². The van der Waals surface area contributed by atoms with Crippen molar-refractivity contribution in [3.63, 3.8) is 0 Å². The third-order valence-corrected chi connectivity index (χ3v) is 2.06. The summed E-state index contributed by atoms with van der Waals surface area (Å²) in [7, 11) is -4.64. The molecule has 0 atom stereocenters. The maximum absolute atomic E-state index is 8.88. The van der Waals surface area contributed by atoms with Gasteiger partial charge in [0.15, 0.2) is 0 Å². The van der Waals surface area contributed by atoms with Gasteiger partial charge in [-0.2, -0.15) is 0 Å². The maximum atomic E-state index is 8.88. The zero-order valence-corrected chi connectivity index (χ0v) is 8.71. The molecule has 54 valence electrons. The fourth-order valence-corrected chi connectivity index (χ4v) is 0. The minimum atomic E-state index is -4.64. The van der Waals surface area contributed by atoms with E-state index in [-0.39, 0.29) is 33.8 Å². The Kier molecular flexibility index (Phi) is 10.8. The molecule has 0 aliphatic carbocycles. The Bertz CT molecular complexity index is 79.5. The van der Waals surface area contributed by atoms with Crippen molar-refractivity contribution in [1.29, 1.82) is 0 Å². The monoisotopic (exact) mass is 182 g/mol. The van der Waals surface area contributed by atoms with Crippen LogP contribution in [0.4, 0.5) is 0 Å². The van der Waals surface area contributed by atoms with Crippen LogP contribution in [0.5, 0.6) is 0 Å². The van der Waals surface area contributed by atoms with Crippen LogP contribution >= 0.6 is 7.82 Å². The van der Waals surface area contributed by atoms with E-state index < -0.39 is 7.82 Å². The van der Waals surface area contributed by atoms with Crippen molar-refractivity contribution in [3.8, 4) is 0 Å². The number of phosphoric acid groups is 1. The summed E-state index contributed by atoms with van der Waals surface area (Å²) in [6.45, 7) is 2.26. The van der Waals surface area contributed by atoms with E-state index in [2.05, 4.69) is 9.94 Å². The molecule has 0 aromatic carbocycles. The van der Waals surface area contributed by atoms with Gasteiger partial charge in [0.1, 0.15) is 0 Å². The Morgan fingerprint density at radius 2 is 1.56 bits per heavy atom. The van der Waals surface area contributed by atoms with Gasteiger partial charge in [0, 0.05) is 0 Å². The topological polar surface area (TPSA) is 77.8 Å². The SMILES string of the molecule is C[CH2][Ca][CH3].O=P(O)(O)O. The van der Waals surface area contributed by atoms with E-state index in [1.54, 1.807) is 0 Å². The molecule has 0 aliphatic rings. The second kappa shape index (κ2) is 7.48. The number of hydrogen-bond acceptors (Lipinski definition) is 1. The van der Waals surface area contributed by atoms with Gasteiger partial charge in [-0.3, -0.25) is 0 Å². The van der Waals surface area contributed by atoms with Crippen LogP contribution < -0.4 is 0 Å². The Labute approximate surface area is 72.8 Å². The molecule has 0 fully saturated rings. The largest absolute Gasteiger partial charge is 0.466 e. The van der Waals surface area contributed by atoms with E-state index in [4.69, 9.17) is 19.2 Å². The summed E-state index contributed by atoms with van der Waals surface area (Å²) >= 11 is 0.111. The first-order valence-electron chi connectivity index (χ1n) is 2.70. The van der Waals surface area contributed by atoms with Crippen LogP contribution in [-0.4, -0.2) is 48.5 Å². The first-order valence-corrected chi connectivity index (χ1v) is 8.03. The molecule has 0 heterocycles. The standard InChI is InChI=1S/C2H5.CH3.Ca.H3O4P/c1-2;;;1-5(2,3)4/h1H2,2H3;1H3;;(H3,1,2,3,4). The molecular weight excluding hydrogens is 171 g/mol. The van der Waals surface area contributed by atoms with Crippen molar-refractivity contribution >= 4 is 41.7 Å². The first-order chi connectivity index (χ1) is 3.91. The zero-order chi connectivity index (χ0) is 7.91. The summed E-state index contributed by atoms with van der Waals surface area (Å²) in [6, 6.07) is 0. The smallest absolute Gasteiger partial charge is 0.303 e. The van der Waals surface area contributed by atoms with Gasteiger partial charge in [-0.1, -0.05) is 0 Å². The Morgan fingerprint density at radius 3 is 1.56 bits per heavy atom. The summed E-state index contributed by atoms with van der Waals surface area (Å²) < 4.78 is 12.8. The second-order valence-electron chi connectivity index (χ2n) is 1.51. The van der Waals surface area contributed by atoms with Crippen LogP contribution in [0, 0.1) is 0 Å². The molecule has 0 saturated carbocycles. The molecule has 0 rings (SSSR count). The molecule has 0 bridgehead atoms. The maximum Gasteiger partial charge on any atom is 0.466 e. The third kappa shape index (κ3) is 90.6. The minimum absolute atomic E-state index is 0.111. The van der Waals surface area contributed by atoms with Crippen molar-refractivity contribution in [2.24, 2.45) is 0 Å². The van der Waals surface area contributed by atoms with E-state index in [1.165, 1.54) is 2.52 Å². The van der Waals surface area contributed by atoms with E-state index in [0.717, 1.165) is 0 Å². The van der Waals surface area contributed by atoms with Crippen LogP contribution in [0.15, 0.2) is 0 Å². The quantitative estimate of drug-likeness (QED) is 0.401. The first kappa shape index (κ1) is 13.0. The predicted octanol–water partition coefficient (Wildman–Crippen LogP) is 0.248. The molecule has 0 saturated heterocycles. The van der Waals surface area contributed by atoms with Gasteiger partial charge in [0.25, 0.3) is 0 Å². The van der Waals surface area contributed by atoms with Gasteiger partial charge in [-0.15, -0.1) is 0 Å². The Balaban J connectivity index is 0. The molecule has 0 unspecified atom stereocenters. The van der Waals surface area contributed by atoms with Crippen molar-refractivity contribution in [1.82, 2.24) is 0 Å². The Hall–Kier alpha value is 1.37. The van der Waals surface area contributed by atoms with Gasteiger partial charge >= 0.3 is 54.1 Å². The Morgan fingerprint density at radius 1 is 1.44 bits per heavy atom. The summed E-state index contributed by atoms with van der Waals surface area (Å²) in [5.74, 6) is 0. The second-order valence-corrected chi connectivity index (χ2v) is 5.66. The van der Waals surface area contributed by atoms with Gasteiger partial charge in [0.05, 0.1) is 0 Å². The summed E-state index contributed by atoms with van der Waals surface area (Å²) in [6.07, 6.45) is 0. The molecule has 0 aromatic rings. The molecule has 0 aliphatic heterocycles. The van der Waals surface area contributed by atoms with Crippen molar-refractivity contribution in [3.05, 3.63) is 0 Å². The average molecular weight is 182 g/mol. The molecular formula is C3H11CaO4P. The molecule has 0 aromatic heterocycles. The van der Waals surface area contributed by atoms with E-state index in [0.29, 0.717) is 0 Å². The fraction of sp³-hybridized carbons (Fsp3) is 1.00. The van der Waals surface area contributed by atoms with Crippen LogP contribution in [0.2, 0.25) is 5.54 Å². The van der Waals surface area contributed by atoms with Gasteiger partial charge in [-0.25, -0.2) is 4.57 Å². The van der Waals surface area contributed by atoms with Gasteiger partial charge in [-0.05, 0) is 0 Å². The predicted molar refractivity (Wildman–Crippen MR) is 36.4 cm³/mol. The molecule has 9 heavy (non-hydrogen) atoms. The van der Waals surface area contributed by atoms with Crippen LogP contribution in [0.3, 0.4) is 0 Å². The molecule has 0 radical (unpaired) electrons.